The van der Waals surface area contributed by atoms with Crippen molar-refractivity contribution in [2.75, 3.05) is 5.32 Å². The lowest BCUT2D eigenvalue weighted by molar-refractivity contribution is 0.0642. The van der Waals surface area contributed by atoms with Crippen LogP contribution in [0.4, 0.5) is 5.69 Å². The Morgan fingerprint density at radius 1 is 1.23 bits per heavy atom. The topological polar surface area (TPSA) is 83.8 Å². The molecule has 4 aromatic rings. The van der Waals surface area contributed by atoms with E-state index in [1.54, 1.807) is 28.8 Å². The number of aromatic nitrogens is 2. The molecule has 0 saturated heterocycles. The van der Waals surface area contributed by atoms with E-state index in [4.69, 9.17) is 11.6 Å². The van der Waals surface area contributed by atoms with Crippen molar-refractivity contribution in [3.63, 3.8) is 0 Å². The van der Waals surface area contributed by atoms with Gasteiger partial charge in [0.2, 0.25) is 0 Å². The summed E-state index contributed by atoms with van der Waals surface area (Å²) in [5, 5.41) is 5.09. The number of rotatable bonds is 4. The number of nitrogens with one attached hydrogen (secondary N) is 1. The monoisotopic (exact) mass is 434 g/mol. The molecule has 0 aliphatic carbocycles. The molecule has 0 fully saturated rings. The van der Waals surface area contributed by atoms with Gasteiger partial charge in [0.05, 0.1) is 12.1 Å². The number of benzene rings is 1. The van der Waals surface area contributed by atoms with Crippen LogP contribution in [0.25, 0.3) is 4.96 Å². The number of hydrogen-bond donors (Lipinski definition) is 1. The third kappa shape index (κ3) is 3.01. The Hall–Kier alpha value is -3.67. The zero-order valence-electron chi connectivity index (χ0n) is 15.2. The number of nitrogens with zero attached hydrogens (tertiary/aromatic N) is 3. The number of fused-ring (bicyclic) bond motifs is 2. The summed E-state index contributed by atoms with van der Waals surface area (Å²) in [7, 11) is 0. The van der Waals surface area contributed by atoms with Crippen LogP contribution in [0.2, 0.25) is 5.02 Å². The number of anilines is 1. The summed E-state index contributed by atoms with van der Waals surface area (Å²) in [6.45, 7) is -0.0470. The first-order valence-corrected chi connectivity index (χ1v) is 10.1. The van der Waals surface area contributed by atoms with Crippen LogP contribution in [-0.4, -0.2) is 32.0 Å². The maximum Gasteiger partial charge on any atom is 0.275 e. The number of halogens is 1. The molecule has 5 rings (SSSR count). The lowest BCUT2D eigenvalue weighted by Crippen LogP contribution is -2.29. The summed E-state index contributed by atoms with van der Waals surface area (Å²) in [6, 6.07) is 13.3. The fourth-order valence-electron chi connectivity index (χ4n) is 3.26. The van der Waals surface area contributed by atoms with E-state index < -0.39 is 17.7 Å². The lowest BCUT2D eigenvalue weighted by atomic mass is 10.1. The molecule has 0 radical (unpaired) electrons. The molecule has 1 aliphatic rings. The first kappa shape index (κ1) is 18.4. The largest absolute Gasteiger partial charge is 0.320 e. The van der Waals surface area contributed by atoms with Crippen molar-refractivity contribution in [2.24, 2.45) is 0 Å². The van der Waals surface area contributed by atoms with E-state index in [0.29, 0.717) is 21.2 Å². The molecule has 146 valence electrons. The second-order valence-electron chi connectivity index (χ2n) is 6.56. The van der Waals surface area contributed by atoms with Gasteiger partial charge in [-0.2, -0.15) is 0 Å². The van der Waals surface area contributed by atoms with Gasteiger partial charge in [-0.25, -0.2) is 4.98 Å². The Balaban J connectivity index is 1.43. The lowest BCUT2D eigenvalue weighted by Gasteiger charge is -2.17. The van der Waals surface area contributed by atoms with Crippen LogP contribution in [0, 0.1) is 12.1 Å². The minimum absolute atomic E-state index is 0.0470. The van der Waals surface area contributed by atoms with Crippen LogP contribution in [-0.2, 0) is 6.54 Å². The standard InChI is InChI=1S/C21H11ClN4O3S/c22-13-5-6-16(23-18(27)17-11-25-7-8-30-21(25)24-17)12(9-13)10-26-19(28)14-3-1-2-4-15(14)20(26)29/h1,3,5-9,11H,10H2,(H,23,27). The minimum Gasteiger partial charge on any atom is -0.320 e. The highest BCUT2D eigenvalue weighted by Crippen LogP contribution is 2.28. The Morgan fingerprint density at radius 2 is 2.10 bits per heavy atom. The summed E-state index contributed by atoms with van der Waals surface area (Å²) >= 11 is 7.55. The average Bonchev–Trinajstić information content (AvgIpc) is 3.40. The summed E-state index contributed by atoms with van der Waals surface area (Å²) in [4.78, 5) is 44.1. The second-order valence-corrected chi connectivity index (χ2v) is 7.87. The number of amides is 3. The molecular formula is C21H11ClN4O3S. The third-order valence-electron chi connectivity index (χ3n) is 4.70. The molecule has 0 spiro atoms. The number of imidazole rings is 1. The zero-order chi connectivity index (χ0) is 20.8. The molecule has 2 aromatic carbocycles. The number of imide groups is 1. The summed E-state index contributed by atoms with van der Waals surface area (Å²) < 4.78 is 1.76. The van der Waals surface area contributed by atoms with Crippen LogP contribution in [0.15, 0.2) is 48.1 Å². The van der Waals surface area contributed by atoms with Crippen LogP contribution >= 0.6 is 22.9 Å². The van der Waals surface area contributed by atoms with Crippen molar-refractivity contribution in [2.45, 2.75) is 6.54 Å². The van der Waals surface area contributed by atoms with E-state index in [-0.39, 0.29) is 23.4 Å². The molecule has 0 unspecified atom stereocenters. The van der Waals surface area contributed by atoms with Gasteiger partial charge < -0.3 is 5.32 Å². The van der Waals surface area contributed by atoms with E-state index >= 15 is 0 Å². The van der Waals surface area contributed by atoms with E-state index in [0.717, 1.165) is 4.90 Å². The molecule has 7 nitrogen and oxygen atoms in total. The smallest absolute Gasteiger partial charge is 0.275 e. The van der Waals surface area contributed by atoms with Crippen LogP contribution in [0.3, 0.4) is 0 Å². The van der Waals surface area contributed by atoms with Crippen molar-refractivity contribution < 1.29 is 14.4 Å². The van der Waals surface area contributed by atoms with Crippen molar-refractivity contribution >= 4 is 51.3 Å². The Bertz CT molecular complexity index is 1280. The van der Waals surface area contributed by atoms with Gasteiger partial charge in [-0.15, -0.1) is 11.3 Å². The number of carbonyl (C=O) groups is 3. The van der Waals surface area contributed by atoms with E-state index in [9.17, 15) is 14.4 Å². The van der Waals surface area contributed by atoms with Gasteiger partial charge in [0, 0.05) is 28.5 Å². The van der Waals surface area contributed by atoms with Gasteiger partial charge in [-0.1, -0.05) is 23.7 Å². The molecule has 1 N–H and O–H groups in total. The maximum absolute atomic E-state index is 12.7. The highest BCUT2D eigenvalue weighted by molar-refractivity contribution is 7.15. The van der Waals surface area contributed by atoms with Crippen molar-refractivity contribution in [1.29, 1.82) is 0 Å². The van der Waals surface area contributed by atoms with Gasteiger partial charge in [-0.05, 0) is 35.9 Å². The maximum atomic E-state index is 12.7. The average molecular weight is 435 g/mol. The fraction of sp³-hybridized carbons (Fsp3) is 0.0476. The predicted octanol–water partition coefficient (Wildman–Crippen LogP) is 3.70. The Morgan fingerprint density at radius 3 is 2.90 bits per heavy atom. The minimum atomic E-state index is -0.460. The quantitative estimate of drug-likeness (QED) is 0.496. The van der Waals surface area contributed by atoms with Crippen LogP contribution in [0.1, 0.15) is 36.8 Å². The predicted molar refractivity (Wildman–Crippen MR) is 111 cm³/mol. The summed E-state index contributed by atoms with van der Waals surface area (Å²) in [5.41, 5.74) is 1.69. The highest BCUT2D eigenvalue weighted by atomic mass is 35.5. The fourth-order valence-corrected chi connectivity index (χ4v) is 4.16. The molecule has 1 aliphatic heterocycles. The number of hydrogen-bond acceptors (Lipinski definition) is 5. The molecule has 2 aromatic heterocycles. The molecule has 0 saturated carbocycles. The Kier molecular flexibility index (Phi) is 4.28. The molecule has 9 heteroatoms. The zero-order valence-corrected chi connectivity index (χ0v) is 16.8. The summed E-state index contributed by atoms with van der Waals surface area (Å²) in [6.07, 6.45) is 3.45. The number of carbonyl (C=O) groups excluding carboxylic acids is 3. The van der Waals surface area contributed by atoms with Crippen LogP contribution in [0.5, 0.6) is 0 Å². The van der Waals surface area contributed by atoms with Gasteiger partial charge in [-0.3, -0.25) is 23.7 Å². The normalized spacial score (nSPS) is 12.9. The van der Waals surface area contributed by atoms with Crippen molar-refractivity contribution in [3.05, 3.63) is 87.6 Å². The van der Waals surface area contributed by atoms with Gasteiger partial charge in [0.15, 0.2) is 4.96 Å². The first-order valence-electron chi connectivity index (χ1n) is 8.82. The van der Waals surface area contributed by atoms with E-state index in [1.165, 1.54) is 23.5 Å². The molecular weight excluding hydrogens is 424 g/mol. The van der Waals surface area contributed by atoms with Gasteiger partial charge in [0.25, 0.3) is 17.7 Å². The van der Waals surface area contributed by atoms with E-state index in [2.05, 4.69) is 22.4 Å². The third-order valence-corrected chi connectivity index (χ3v) is 5.71. The molecule has 3 heterocycles. The summed E-state index contributed by atoms with van der Waals surface area (Å²) in [5.74, 6) is -1.29. The SMILES string of the molecule is O=C(Nc1ccc(Cl)cc1CN1C(=O)c2c#cccc2C1=O)c1cn2ccsc2n1. The molecule has 3 amide bonds. The van der Waals surface area contributed by atoms with Crippen molar-refractivity contribution in [3.8, 4) is 0 Å². The highest BCUT2D eigenvalue weighted by Gasteiger charge is 2.36. The van der Waals surface area contributed by atoms with Gasteiger partial charge >= 0.3 is 0 Å². The van der Waals surface area contributed by atoms with E-state index in [1.807, 2.05) is 11.6 Å². The first-order chi connectivity index (χ1) is 14.5. The van der Waals surface area contributed by atoms with Crippen LogP contribution < -0.4 is 5.32 Å². The molecule has 0 atom stereocenters. The second kappa shape index (κ2) is 6.99. The van der Waals surface area contributed by atoms with Crippen molar-refractivity contribution in [1.82, 2.24) is 14.3 Å². The molecule has 0 bridgehead atoms. The molecule has 30 heavy (non-hydrogen) atoms. The Labute approximate surface area is 179 Å². The van der Waals surface area contributed by atoms with Gasteiger partial charge in [0.1, 0.15) is 11.3 Å². The number of thiazole rings is 1.